The van der Waals surface area contributed by atoms with Crippen molar-refractivity contribution in [3.05, 3.63) is 36.5 Å². The molecule has 0 aliphatic heterocycles. The van der Waals surface area contributed by atoms with Crippen LogP contribution in [0.2, 0.25) is 0 Å². The maximum Gasteiger partial charge on any atom is 0.252 e. The summed E-state index contributed by atoms with van der Waals surface area (Å²) >= 11 is 0. The van der Waals surface area contributed by atoms with Crippen LogP contribution in [0.25, 0.3) is 27.8 Å². The maximum absolute atomic E-state index is 13.6. The molecule has 9 nitrogen and oxygen atoms in total. The van der Waals surface area contributed by atoms with Gasteiger partial charge in [0, 0.05) is 55.6 Å². The molecule has 0 saturated heterocycles. The van der Waals surface area contributed by atoms with Crippen LogP contribution in [0.15, 0.2) is 30.7 Å². The van der Waals surface area contributed by atoms with E-state index in [9.17, 15) is 8.78 Å². The Morgan fingerprint density at radius 2 is 1.89 bits per heavy atom. The normalized spacial score (nSPS) is 21.9. The molecule has 196 valence electrons. The highest BCUT2D eigenvalue weighted by atomic mass is 19.3. The van der Waals surface area contributed by atoms with Crippen molar-refractivity contribution in [2.24, 2.45) is 0 Å². The zero-order valence-corrected chi connectivity index (χ0v) is 21.0. The molecule has 2 aliphatic carbocycles. The topological polar surface area (TPSA) is 91.4 Å². The molecule has 0 amide bonds. The summed E-state index contributed by atoms with van der Waals surface area (Å²) in [6.07, 6.45) is 9.45. The van der Waals surface area contributed by atoms with Gasteiger partial charge in [0.05, 0.1) is 36.5 Å². The van der Waals surface area contributed by atoms with E-state index in [1.165, 1.54) is 0 Å². The lowest BCUT2D eigenvalue weighted by Crippen LogP contribution is -2.37. The quantitative estimate of drug-likeness (QED) is 0.340. The fraction of sp³-hybridized carbons (Fsp3) is 0.538. The van der Waals surface area contributed by atoms with Crippen molar-refractivity contribution in [2.75, 3.05) is 25.6 Å². The maximum atomic E-state index is 13.6. The van der Waals surface area contributed by atoms with E-state index in [-0.39, 0.29) is 25.0 Å². The molecule has 0 spiro atoms. The Kier molecular flexibility index (Phi) is 6.28. The zero-order chi connectivity index (χ0) is 25.6. The first-order valence-electron chi connectivity index (χ1n) is 12.8. The average Bonchev–Trinajstić information content (AvgIpc) is 3.43. The molecule has 0 radical (unpaired) electrons. The number of hydrogen-bond donors (Lipinski definition) is 1. The fourth-order valence-electron chi connectivity index (χ4n) is 5.58. The van der Waals surface area contributed by atoms with Crippen LogP contribution in [0, 0.1) is 6.92 Å². The molecule has 6 rings (SSSR count). The number of aryl methyl sites for hydroxylation is 1. The van der Waals surface area contributed by atoms with Gasteiger partial charge in [-0.2, -0.15) is 0 Å². The number of fused-ring (bicyclic) bond motifs is 2. The molecule has 11 heteroatoms. The monoisotopic (exact) mass is 511 g/mol. The number of rotatable bonds is 8. The first-order valence-corrected chi connectivity index (χ1v) is 12.8. The second kappa shape index (κ2) is 9.60. The third kappa shape index (κ3) is 4.77. The van der Waals surface area contributed by atoms with Gasteiger partial charge in [-0.1, -0.05) is 0 Å². The summed E-state index contributed by atoms with van der Waals surface area (Å²) in [5.41, 5.74) is 4.00. The number of halogens is 2. The predicted octanol–water partition coefficient (Wildman–Crippen LogP) is 4.81. The van der Waals surface area contributed by atoms with Gasteiger partial charge in [-0.15, -0.1) is 5.10 Å². The molecule has 37 heavy (non-hydrogen) atoms. The number of aromatic nitrogens is 6. The van der Waals surface area contributed by atoms with Crippen LogP contribution in [0.4, 0.5) is 14.7 Å². The minimum atomic E-state index is -2.60. The van der Waals surface area contributed by atoms with Gasteiger partial charge in [-0.05, 0) is 44.7 Å². The molecular weight excluding hydrogens is 480 g/mol. The van der Waals surface area contributed by atoms with Gasteiger partial charge in [-0.25, -0.2) is 28.2 Å². The van der Waals surface area contributed by atoms with Gasteiger partial charge >= 0.3 is 0 Å². The number of ether oxygens (including phenoxy) is 2. The van der Waals surface area contributed by atoms with Gasteiger partial charge in [0.25, 0.3) is 5.92 Å². The number of imidazole rings is 1. The molecule has 0 unspecified atom stereocenters. The fourth-order valence-corrected chi connectivity index (χ4v) is 5.58. The zero-order valence-electron chi connectivity index (χ0n) is 21.0. The Bertz CT molecular complexity index is 1400. The smallest absolute Gasteiger partial charge is 0.252 e. The van der Waals surface area contributed by atoms with Crippen LogP contribution in [0.5, 0.6) is 0 Å². The molecule has 0 bridgehead atoms. The minimum absolute atomic E-state index is 0.162. The van der Waals surface area contributed by atoms with Crippen molar-refractivity contribution in [1.82, 2.24) is 29.1 Å². The van der Waals surface area contributed by atoms with Crippen LogP contribution < -0.4 is 5.32 Å². The molecule has 0 atom stereocenters. The van der Waals surface area contributed by atoms with Gasteiger partial charge in [0.1, 0.15) is 5.82 Å². The van der Waals surface area contributed by atoms with Crippen molar-refractivity contribution in [3.8, 4) is 11.1 Å². The summed E-state index contributed by atoms with van der Waals surface area (Å²) in [5, 5.41) is 8.14. The summed E-state index contributed by atoms with van der Waals surface area (Å²) in [7, 11) is 1.68. The average molecular weight is 512 g/mol. The molecule has 1 N–H and O–H groups in total. The number of hydrogen-bond acceptors (Lipinski definition) is 7. The Hall–Kier alpha value is -3.18. The molecule has 4 aromatic heterocycles. The molecule has 0 aromatic carbocycles. The molecule has 2 fully saturated rings. The summed E-state index contributed by atoms with van der Waals surface area (Å²) in [6.45, 7) is 3.10. The first-order chi connectivity index (χ1) is 17.9. The number of nitrogens with one attached hydrogen (secondary N) is 1. The highest BCUT2D eigenvalue weighted by Crippen LogP contribution is 2.47. The Balaban J connectivity index is 1.18. The van der Waals surface area contributed by atoms with E-state index in [4.69, 9.17) is 9.47 Å². The highest BCUT2D eigenvalue weighted by molar-refractivity contribution is 5.85. The Morgan fingerprint density at radius 3 is 2.65 bits per heavy atom. The first kappa shape index (κ1) is 24.2. The minimum Gasteiger partial charge on any atom is -0.382 e. The van der Waals surface area contributed by atoms with Crippen LogP contribution in [-0.2, 0) is 9.47 Å². The predicted molar refractivity (Wildman–Crippen MR) is 135 cm³/mol. The molecule has 2 saturated carbocycles. The van der Waals surface area contributed by atoms with Crippen molar-refractivity contribution < 1.29 is 18.3 Å². The van der Waals surface area contributed by atoms with Crippen LogP contribution in [-0.4, -0.2) is 67.5 Å². The summed E-state index contributed by atoms with van der Waals surface area (Å²) in [6, 6.07) is 4.01. The molecule has 4 heterocycles. The SMILES string of the molecule is COCCOC1CCC(Nc2ncc3c(-c4cnc5nc(C)n(C6CC(F)(F)C6)c5c4)ccn3n2)CC1. The highest BCUT2D eigenvalue weighted by Gasteiger charge is 2.47. The lowest BCUT2D eigenvalue weighted by molar-refractivity contribution is -0.103. The Morgan fingerprint density at radius 1 is 1.08 bits per heavy atom. The van der Waals surface area contributed by atoms with Gasteiger partial charge in [0.2, 0.25) is 5.95 Å². The van der Waals surface area contributed by atoms with E-state index in [0.717, 1.165) is 47.8 Å². The molecular formula is C26H31F2N7O2. The van der Waals surface area contributed by atoms with E-state index in [1.807, 2.05) is 40.5 Å². The van der Waals surface area contributed by atoms with Gasteiger partial charge in [0.15, 0.2) is 5.65 Å². The lowest BCUT2D eigenvalue weighted by Gasteiger charge is -2.36. The molecule has 2 aliphatic rings. The van der Waals surface area contributed by atoms with E-state index in [0.29, 0.717) is 36.7 Å². The van der Waals surface area contributed by atoms with E-state index < -0.39 is 5.92 Å². The summed E-state index contributed by atoms with van der Waals surface area (Å²) in [4.78, 5) is 13.6. The van der Waals surface area contributed by atoms with Crippen molar-refractivity contribution >= 4 is 22.6 Å². The van der Waals surface area contributed by atoms with E-state index >= 15 is 0 Å². The van der Waals surface area contributed by atoms with Crippen LogP contribution in [0.3, 0.4) is 0 Å². The standard InChI is InChI=1S/C26H31F2N7O2/c1-16-31-24-22(35(16)19-12-26(27,28)13-19)11-17(14-29-24)21-7-8-34-23(21)15-30-25(33-34)32-18-3-5-20(6-4-18)37-10-9-36-2/h7-8,11,14-15,18-20H,3-6,9-10,12-13H2,1-2H3,(H,32,33). The molecule has 4 aromatic rings. The van der Waals surface area contributed by atoms with Gasteiger partial charge < -0.3 is 19.4 Å². The van der Waals surface area contributed by atoms with Crippen molar-refractivity contribution in [2.45, 2.75) is 69.6 Å². The number of pyridine rings is 1. The Labute approximate surface area is 213 Å². The number of anilines is 1. The van der Waals surface area contributed by atoms with Crippen LogP contribution in [0.1, 0.15) is 50.4 Å². The van der Waals surface area contributed by atoms with Crippen LogP contribution >= 0.6 is 0 Å². The van der Waals surface area contributed by atoms with E-state index in [2.05, 4.69) is 25.4 Å². The lowest BCUT2D eigenvalue weighted by atomic mass is 9.87. The second-order valence-corrected chi connectivity index (χ2v) is 10.1. The number of methoxy groups -OCH3 is 1. The number of alkyl halides is 2. The van der Waals surface area contributed by atoms with Gasteiger partial charge in [-0.3, -0.25) is 0 Å². The number of nitrogens with zero attached hydrogens (tertiary/aromatic N) is 6. The summed E-state index contributed by atoms with van der Waals surface area (Å²) in [5.74, 6) is -1.31. The largest absolute Gasteiger partial charge is 0.382 e. The third-order valence-electron chi connectivity index (χ3n) is 7.53. The van der Waals surface area contributed by atoms with Crippen molar-refractivity contribution in [1.29, 1.82) is 0 Å². The van der Waals surface area contributed by atoms with Crippen molar-refractivity contribution in [3.63, 3.8) is 0 Å². The summed E-state index contributed by atoms with van der Waals surface area (Å²) < 4.78 is 41.8. The van der Waals surface area contributed by atoms with E-state index in [1.54, 1.807) is 13.3 Å². The second-order valence-electron chi connectivity index (χ2n) is 10.1. The third-order valence-corrected chi connectivity index (χ3v) is 7.53.